The number of aromatic amines is 2. The van der Waals surface area contributed by atoms with Crippen LogP contribution in [0.3, 0.4) is 0 Å². The number of nitrogens with one attached hydrogen (secondary N) is 2. The maximum atomic E-state index is 13.7. The number of hydrogen-bond donors (Lipinski definition) is 2. The number of allylic oxidation sites excluding steroid dienone is 5. The average molecular weight is 733 g/mol. The summed E-state index contributed by atoms with van der Waals surface area (Å²) in [7, 11) is 5.30. The van der Waals surface area contributed by atoms with E-state index in [4.69, 9.17) is 28.9 Å². The lowest BCUT2D eigenvalue weighted by Crippen LogP contribution is -2.42. The number of aromatic nitrogens is 4. The molecule has 0 saturated carbocycles. The lowest BCUT2D eigenvalue weighted by molar-refractivity contribution is -0.149. The van der Waals surface area contributed by atoms with Gasteiger partial charge in [0, 0.05) is 40.5 Å². The fourth-order valence-electron chi connectivity index (χ4n) is 7.78. The molecule has 12 nitrogen and oxygen atoms in total. The molecule has 0 fully saturated rings. The molecule has 0 amide bonds. The molecule has 3 aromatic rings. The normalized spacial score (nSPS) is 17.6. The summed E-state index contributed by atoms with van der Waals surface area (Å²) in [5.41, 5.74) is 10.4. The second-order valence-corrected chi connectivity index (χ2v) is 13.7. The smallest absolute Gasteiger partial charge is 0.334 e. The van der Waals surface area contributed by atoms with Gasteiger partial charge in [-0.1, -0.05) is 24.8 Å². The van der Waals surface area contributed by atoms with Crippen molar-refractivity contribution in [2.24, 2.45) is 5.92 Å². The van der Waals surface area contributed by atoms with Crippen LogP contribution in [-0.2, 0) is 50.0 Å². The van der Waals surface area contributed by atoms with Crippen molar-refractivity contribution in [3.63, 3.8) is 0 Å². The molecule has 6 rings (SSSR count). The standard InChI is InChI=1S/C42H44N4O8/c1-10-24-21(2)29-17-30-22(3)25(12-15-37(47)51-6)32(43-30)19-33-26(13-16-38(48)52-7)23(4)31(44-33)18-35-28-14-11-27(40(49)53-8)39(41(50)54-9)42(28,5)36(46-35)20-34(24)45-29/h10-11,14,17-20,39,43,45H,1,12-13,15-16H2,2-9H3. The first-order chi connectivity index (χ1) is 25.8. The monoisotopic (exact) mass is 732 g/mol. The summed E-state index contributed by atoms with van der Waals surface area (Å²) < 4.78 is 20.4. The summed E-state index contributed by atoms with van der Waals surface area (Å²) in [6.07, 6.45) is 6.27. The number of H-pyrrole nitrogens is 2. The topological polar surface area (TPSA) is 163 Å². The summed E-state index contributed by atoms with van der Waals surface area (Å²) in [5, 5.41) is 0. The molecule has 2 N–H and O–H groups in total. The van der Waals surface area contributed by atoms with E-state index in [0.717, 1.165) is 50.0 Å². The van der Waals surface area contributed by atoms with E-state index in [1.165, 1.54) is 28.4 Å². The molecule has 3 aromatic heterocycles. The van der Waals surface area contributed by atoms with Gasteiger partial charge in [0.05, 0.1) is 62.2 Å². The van der Waals surface area contributed by atoms with Crippen molar-refractivity contribution in [2.45, 2.75) is 58.8 Å². The van der Waals surface area contributed by atoms with E-state index in [1.54, 1.807) is 18.2 Å². The van der Waals surface area contributed by atoms with Gasteiger partial charge in [0.2, 0.25) is 0 Å². The number of fused-ring (bicyclic) bond motifs is 11. The van der Waals surface area contributed by atoms with E-state index in [-0.39, 0.29) is 30.4 Å². The van der Waals surface area contributed by atoms with E-state index in [0.29, 0.717) is 46.7 Å². The summed E-state index contributed by atoms with van der Waals surface area (Å²) >= 11 is 0. The van der Waals surface area contributed by atoms with Crippen LogP contribution in [0.4, 0.5) is 0 Å². The highest BCUT2D eigenvalue weighted by Crippen LogP contribution is 2.52. The lowest BCUT2D eigenvalue weighted by atomic mass is 9.64. The van der Waals surface area contributed by atoms with Gasteiger partial charge in [0.1, 0.15) is 5.92 Å². The van der Waals surface area contributed by atoms with Gasteiger partial charge >= 0.3 is 23.9 Å². The van der Waals surface area contributed by atoms with Crippen molar-refractivity contribution in [3.05, 3.63) is 93.6 Å². The third-order valence-corrected chi connectivity index (χ3v) is 10.9. The lowest BCUT2D eigenvalue weighted by Gasteiger charge is -2.36. The molecule has 0 spiro atoms. The minimum atomic E-state index is -1.16. The zero-order valence-electron chi connectivity index (χ0n) is 31.8. The number of rotatable bonds is 9. The number of esters is 4. The minimum absolute atomic E-state index is 0.139. The highest BCUT2D eigenvalue weighted by Gasteiger charge is 2.53. The van der Waals surface area contributed by atoms with Crippen molar-refractivity contribution in [1.29, 1.82) is 0 Å². The SMILES string of the molecule is C=Cc1c(C)c2cc3[nH]c(cc4nc(cc5nc(cc1[nH]2)C1(C)C5=CC=C(C(=O)OC)C1C(=O)OC)C(C)=C4CCC(=O)OC)c(CCC(=O)OC)c3C. The van der Waals surface area contributed by atoms with Crippen LogP contribution in [0.5, 0.6) is 0 Å². The predicted molar refractivity (Wildman–Crippen MR) is 206 cm³/mol. The fraction of sp³-hybridized carbons (Fsp3) is 0.333. The highest BCUT2D eigenvalue weighted by molar-refractivity contribution is 6.02. The second kappa shape index (κ2) is 14.8. The van der Waals surface area contributed by atoms with Crippen molar-refractivity contribution >= 4 is 68.7 Å². The first-order valence-electron chi connectivity index (χ1n) is 17.6. The van der Waals surface area contributed by atoms with Crippen LogP contribution in [0.2, 0.25) is 0 Å². The number of carbonyl (C=O) groups excluding carboxylic acids is 4. The van der Waals surface area contributed by atoms with Crippen LogP contribution in [-0.4, -0.2) is 72.3 Å². The molecule has 3 aliphatic rings. The Morgan fingerprint density at radius 2 is 1.43 bits per heavy atom. The van der Waals surface area contributed by atoms with Gasteiger partial charge in [0.15, 0.2) is 0 Å². The first-order valence-corrected chi connectivity index (χ1v) is 17.6. The molecule has 2 atom stereocenters. The number of carbonyl (C=O) groups is 4. The van der Waals surface area contributed by atoms with Crippen LogP contribution >= 0.6 is 0 Å². The molecular weight excluding hydrogens is 688 g/mol. The number of hydrogen-bond acceptors (Lipinski definition) is 10. The molecule has 0 aromatic carbocycles. The zero-order chi connectivity index (χ0) is 39.1. The quantitative estimate of drug-likeness (QED) is 0.177. The van der Waals surface area contributed by atoms with Gasteiger partial charge < -0.3 is 28.9 Å². The Bertz CT molecular complexity index is 2390. The van der Waals surface area contributed by atoms with Crippen LogP contribution < -0.4 is 0 Å². The molecule has 0 saturated heterocycles. The summed E-state index contributed by atoms with van der Waals surface area (Å²) in [6.45, 7) is 11.9. The van der Waals surface area contributed by atoms with Gasteiger partial charge in [-0.25, -0.2) is 9.78 Å². The van der Waals surface area contributed by atoms with Crippen molar-refractivity contribution in [2.75, 3.05) is 28.4 Å². The Morgan fingerprint density at radius 1 is 0.759 bits per heavy atom. The summed E-state index contributed by atoms with van der Waals surface area (Å²) in [4.78, 5) is 68.9. The second-order valence-electron chi connectivity index (χ2n) is 13.7. The third-order valence-electron chi connectivity index (χ3n) is 10.9. The molecule has 2 unspecified atom stereocenters. The van der Waals surface area contributed by atoms with Crippen LogP contribution in [0, 0.1) is 19.8 Å². The number of aryl methyl sites for hydroxylation is 3. The van der Waals surface area contributed by atoms with Gasteiger partial charge in [-0.05, 0) is 98.2 Å². The zero-order valence-corrected chi connectivity index (χ0v) is 31.8. The molecule has 1 aliphatic carbocycles. The molecule has 2 aliphatic heterocycles. The molecule has 280 valence electrons. The fourth-order valence-corrected chi connectivity index (χ4v) is 7.78. The van der Waals surface area contributed by atoms with Gasteiger partial charge in [-0.15, -0.1) is 0 Å². The number of ether oxygens (including phenoxy) is 4. The van der Waals surface area contributed by atoms with Gasteiger partial charge in [0.25, 0.3) is 0 Å². The van der Waals surface area contributed by atoms with Gasteiger partial charge in [-0.2, -0.15) is 0 Å². The highest BCUT2D eigenvalue weighted by atomic mass is 16.5. The number of methoxy groups -OCH3 is 4. The van der Waals surface area contributed by atoms with E-state index >= 15 is 0 Å². The average Bonchev–Trinajstić information content (AvgIpc) is 3.82. The van der Waals surface area contributed by atoms with Crippen molar-refractivity contribution in [1.82, 2.24) is 19.9 Å². The Morgan fingerprint density at radius 3 is 2.07 bits per heavy atom. The van der Waals surface area contributed by atoms with E-state index in [2.05, 4.69) is 16.5 Å². The maximum Gasteiger partial charge on any atom is 0.334 e. The molecule has 0 radical (unpaired) electrons. The molecule has 5 heterocycles. The van der Waals surface area contributed by atoms with Crippen molar-refractivity contribution in [3.8, 4) is 0 Å². The maximum absolute atomic E-state index is 13.7. The van der Waals surface area contributed by atoms with Crippen LogP contribution in [0.15, 0.2) is 48.6 Å². The number of nitrogens with zero attached hydrogens (tertiary/aromatic N) is 2. The largest absolute Gasteiger partial charge is 0.469 e. The minimum Gasteiger partial charge on any atom is -0.469 e. The third kappa shape index (κ3) is 6.35. The Balaban J connectivity index is 1.76. The van der Waals surface area contributed by atoms with Crippen LogP contribution in [0.25, 0.3) is 44.9 Å². The molecule has 12 heteroatoms. The Labute approximate surface area is 313 Å². The molecule has 54 heavy (non-hydrogen) atoms. The van der Waals surface area contributed by atoms with Gasteiger partial charge in [-0.3, -0.25) is 19.4 Å². The van der Waals surface area contributed by atoms with Crippen molar-refractivity contribution < 1.29 is 38.1 Å². The first kappa shape index (κ1) is 37.7. The van der Waals surface area contributed by atoms with E-state index in [1.807, 2.05) is 52.0 Å². The van der Waals surface area contributed by atoms with Crippen LogP contribution in [0.1, 0.15) is 78.1 Å². The Kier molecular flexibility index (Phi) is 10.3. The summed E-state index contributed by atoms with van der Waals surface area (Å²) in [6, 6.07) is 7.72. The molecule has 8 bridgehead atoms. The predicted octanol–water partition coefficient (Wildman–Crippen LogP) is 6.81. The van der Waals surface area contributed by atoms with E-state index in [9.17, 15) is 19.2 Å². The molecular formula is C42H44N4O8. The summed E-state index contributed by atoms with van der Waals surface area (Å²) in [5.74, 6) is -3.01. The Hall–Kier alpha value is -6.04. The van der Waals surface area contributed by atoms with E-state index < -0.39 is 23.3 Å².